The van der Waals surface area contributed by atoms with Gasteiger partial charge in [-0.05, 0) is 0 Å². The summed E-state index contributed by atoms with van der Waals surface area (Å²) in [5.41, 5.74) is 21.1. The molecular weight excluding hydrogens is 824 g/mol. The molecule has 4 heteroatoms. The maximum absolute atomic E-state index is 6.79. The minimum absolute atomic E-state index is 0.285. The molecule has 8 aromatic rings. The van der Waals surface area contributed by atoms with Crippen LogP contribution in [0.2, 0.25) is 13.1 Å². The van der Waals surface area contributed by atoms with Crippen LogP contribution >= 0.6 is 0 Å². The molecule has 296 valence electrons. The van der Waals surface area contributed by atoms with Crippen molar-refractivity contribution in [1.29, 1.82) is 0 Å². The van der Waals surface area contributed by atoms with Gasteiger partial charge >= 0.3 is 365 Å². The predicted molar refractivity (Wildman–Crippen MR) is 253 cm³/mol. The van der Waals surface area contributed by atoms with E-state index in [9.17, 15) is 0 Å². The summed E-state index contributed by atoms with van der Waals surface area (Å²) in [6, 6.07) is 41.6. The van der Waals surface area contributed by atoms with Crippen LogP contribution in [0.3, 0.4) is 0 Å². The van der Waals surface area contributed by atoms with E-state index in [1.54, 1.807) is 0 Å². The number of rotatable bonds is 8. The molecular formula is C56H52O2SiZr. The summed E-state index contributed by atoms with van der Waals surface area (Å²) < 4.78 is 14.2. The number of aryl methyl sites for hydroxylation is 6. The van der Waals surface area contributed by atoms with Gasteiger partial charge in [0, 0.05) is 0 Å². The zero-order valence-corrected chi connectivity index (χ0v) is 39.5. The molecule has 10 rings (SSSR count). The van der Waals surface area contributed by atoms with Crippen molar-refractivity contribution in [1.82, 2.24) is 0 Å². The molecule has 2 unspecified atom stereocenters. The van der Waals surface area contributed by atoms with Crippen LogP contribution in [-0.2, 0) is 33.2 Å². The van der Waals surface area contributed by atoms with Crippen LogP contribution in [0.4, 0.5) is 0 Å². The Morgan fingerprint density at radius 1 is 0.517 bits per heavy atom. The molecule has 2 heterocycles. The molecule has 0 N–H and O–H groups in total. The maximum atomic E-state index is 6.79. The van der Waals surface area contributed by atoms with Crippen molar-refractivity contribution in [2.75, 3.05) is 0 Å². The first-order valence-electron chi connectivity index (χ1n) is 21.7. The molecule has 60 heavy (non-hydrogen) atoms. The summed E-state index contributed by atoms with van der Waals surface area (Å²) in [5, 5.41) is 4.74. The standard InChI is InChI=1S/2C27H23O.C2H6Si.Zr/c2*1-4-19-9-10-20-14-23(27-24-8-6-5-7-21(24)16-28-27)15-25(20)26(19)22-12-17(2)11-18(3)13-22;1-3-2;/h2*5-16H,4H2,1-3H3;1-2H3;. The van der Waals surface area contributed by atoms with E-state index in [4.69, 9.17) is 8.83 Å². The van der Waals surface area contributed by atoms with E-state index >= 15 is 0 Å². The number of hydrogen-bond acceptors (Lipinski definition) is 2. The van der Waals surface area contributed by atoms with Crippen molar-refractivity contribution < 1.29 is 29.2 Å². The fourth-order valence-corrected chi connectivity index (χ4v) is 30.5. The molecule has 2 nitrogen and oxygen atoms in total. The average molecular weight is 876 g/mol. The van der Waals surface area contributed by atoms with Crippen molar-refractivity contribution >= 4 is 50.3 Å². The zero-order chi connectivity index (χ0) is 41.4. The third-order valence-corrected chi connectivity index (χ3v) is 32.3. The number of allylic oxidation sites excluding steroid dienone is 2. The predicted octanol–water partition coefficient (Wildman–Crippen LogP) is 15.6. The second-order valence-electron chi connectivity index (χ2n) is 17.5. The van der Waals surface area contributed by atoms with Crippen molar-refractivity contribution in [2.45, 2.75) is 74.7 Å². The Morgan fingerprint density at radius 2 is 0.917 bits per heavy atom. The Balaban J connectivity index is 1.28. The van der Waals surface area contributed by atoms with Crippen LogP contribution in [0.1, 0.15) is 88.3 Å². The van der Waals surface area contributed by atoms with Gasteiger partial charge in [0.25, 0.3) is 0 Å². The molecule has 0 aliphatic heterocycles. The summed E-state index contributed by atoms with van der Waals surface area (Å²) in [6.07, 6.45) is 11.1. The van der Waals surface area contributed by atoms with Gasteiger partial charge in [0.1, 0.15) is 0 Å². The van der Waals surface area contributed by atoms with Crippen LogP contribution in [0.25, 0.3) is 67.1 Å². The Kier molecular flexibility index (Phi) is 10.1. The Hall–Kier alpha value is -5.02. The molecule has 0 bridgehead atoms. The molecule has 2 aromatic heterocycles. The normalized spacial score (nSPS) is 15.7. The average Bonchev–Trinajstić information content (AvgIpc) is 4.02. The Bertz CT molecular complexity index is 2900. The van der Waals surface area contributed by atoms with Gasteiger partial charge in [0.2, 0.25) is 0 Å². The van der Waals surface area contributed by atoms with Crippen molar-refractivity contribution in [2.24, 2.45) is 0 Å². The molecule has 2 aliphatic carbocycles. The van der Waals surface area contributed by atoms with E-state index in [2.05, 4.69) is 176 Å². The van der Waals surface area contributed by atoms with E-state index in [1.165, 1.54) is 99.8 Å². The second-order valence-corrected chi connectivity index (χ2v) is 35.4. The van der Waals surface area contributed by atoms with Crippen molar-refractivity contribution in [3.63, 3.8) is 0 Å². The van der Waals surface area contributed by atoms with E-state index in [-0.39, 0.29) is 7.25 Å². The molecule has 6 aromatic carbocycles. The fourth-order valence-electron chi connectivity index (χ4n) is 10.7. The fraction of sp³-hybridized carbons (Fsp3) is 0.214. The van der Waals surface area contributed by atoms with Crippen LogP contribution in [0.5, 0.6) is 0 Å². The van der Waals surface area contributed by atoms with Gasteiger partial charge in [-0.15, -0.1) is 0 Å². The number of hydrogen-bond donors (Lipinski definition) is 0. The van der Waals surface area contributed by atoms with Crippen molar-refractivity contribution in [3.8, 4) is 22.3 Å². The van der Waals surface area contributed by atoms with Gasteiger partial charge in [-0.2, -0.15) is 0 Å². The summed E-state index contributed by atoms with van der Waals surface area (Å²) in [6.45, 7) is 18.8. The van der Waals surface area contributed by atoms with Gasteiger partial charge in [-0.1, -0.05) is 0 Å². The first-order chi connectivity index (χ1) is 29.1. The summed E-state index contributed by atoms with van der Waals surface area (Å²) in [7, 11) is 0. The monoisotopic (exact) mass is 874 g/mol. The van der Waals surface area contributed by atoms with Crippen molar-refractivity contribution in [3.05, 3.63) is 189 Å². The summed E-state index contributed by atoms with van der Waals surface area (Å²) >= 11 is -2.83. The van der Waals surface area contributed by atoms with E-state index in [0.717, 1.165) is 35.1 Å². The SMILES string of the molecule is CCc1ccc2c(c1-c1cc(C)cc(C)c1)C=C(c1occ3ccccc13)[CH]2[Zr]([CH]1C(c2occ3ccccc23)=Cc2c1ccc(CC)c2-c1cc(C)cc(C)c1)=[Si](C)C. The van der Waals surface area contributed by atoms with Gasteiger partial charge in [0.05, 0.1) is 0 Å². The zero-order valence-electron chi connectivity index (χ0n) is 36.1. The van der Waals surface area contributed by atoms with Crippen LogP contribution in [-0.4, -0.2) is 5.43 Å². The van der Waals surface area contributed by atoms with Crippen LogP contribution < -0.4 is 0 Å². The first-order valence-corrected chi connectivity index (χ1v) is 30.7. The van der Waals surface area contributed by atoms with Crippen LogP contribution in [0.15, 0.2) is 131 Å². The Morgan fingerprint density at radius 3 is 1.30 bits per heavy atom. The van der Waals surface area contributed by atoms with E-state index in [1.807, 2.05) is 12.5 Å². The van der Waals surface area contributed by atoms with Gasteiger partial charge in [-0.25, -0.2) is 0 Å². The molecule has 0 saturated heterocycles. The molecule has 0 amide bonds. The molecule has 0 radical (unpaired) electrons. The number of furan rings is 2. The summed E-state index contributed by atoms with van der Waals surface area (Å²) in [4.78, 5) is 0. The number of benzene rings is 6. The van der Waals surface area contributed by atoms with Gasteiger partial charge < -0.3 is 0 Å². The third kappa shape index (κ3) is 6.45. The van der Waals surface area contributed by atoms with Crippen LogP contribution in [0, 0.1) is 27.7 Å². The molecule has 0 spiro atoms. The van der Waals surface area contributed by atoms with Gasteiger partial charge in [-0.3, -0.25) is 0 Å². The molecule has 2 aliphatic rings. The number of fused-ring (bicyclic) bond motifs is 4. The quantitative estimate of drug-likeness (QED) is 0.142. The third-order valence-electron chi connectivity index (χ3n) is 13.1. The second kappa shape index (κ2) is 15.5. The molecule has 0 saturated carbocycles. The molecule has 2 atom stereocenters. The van der Waals surface area contributed by atoms with E-state index < -0.39 is 25.8 Å². The Labute approximate surface area is 362 Å². The van der Waals surface area contributed by atoms with E-state index in [0.29, 0.717) is 0 Å². The minimum atomic E-state index is -2.83. The summed E-state index contributed by atoms with van der Waals surface area (Å²) in [5.74, 6) is 2.09. The first kappa shape index (κ1) is 39.1. The van der Waals surface area contributed by atoms with Gasteiger partial charge in [0.15, 0.2) is 0 Å². The topological polar surface area (TPSA) is 26.3 Å². The molecule has 0 fully saturated rings.